The van der Waals surface area contributed by atoms with Crippen LogP contribution in [0.25, 0.3) is 0 Å². The van der Waals surface area contributed by atoms with Gasteiger partial charge in [-0.2, -0.15) is 0 Å². The van der Waals surface area contributed by atoms with E-state index in [4.69, 9.17) is 16.3 Å². The van der Waals surface area contributed by atoms with Crippen molar-refractivity contribution in [3.05, 3.63) is 34.6 Å². The standard InChI is InChI=1S/C22H31ClN4O2S/c1-16-14-17(23)11-12-19(16)29-13-7-10-20-25-26-22(27(20)2)30-15-21(28)24-18-8-5-3-4-6-9-18/h11-12,14,18H,3-10,13,15H2,1-2H3,(H,24,28). The topological polar surface area (TPSA) is 69.0 Å². The van der Waals surface area contributed by atoms with Gasteiger partial charge in [-0.1, -0.05) is 49.0 Å². The number of thioether (sulfide) groups is 1. The summed E-state index contributed by atoms with van der Waals surface area (Å²) >= 11 is 7.42. The van der Waals surface area contributed by atoms with Gasteiger partial charge in [-0.05, 0) is 49.9 Å². The third-order valence-corrected chi connectivity index (χ3v) is 6.67. The van der Waals surface area contributed by atoms with Gasteiger partial charge in [-0.3, -0.25) is 4.79 Å². The molecule has 1 N–H and O–H groups in total. The first-order chi connectivity index (χ1) is 14.5. The molecular weight excluding hydrogens is 420 g/mol. The molecule has 1 aliphatic carbocycles. The number of nitrogens with zero attached hydrogens (tertiary/aromatic N) is 3. The molecule has 0 bridgehead atoms. The SMILES string of the molecule is Cc1cc(Cl)ccc1OCCCc1nnc(SCC(=O)NC2CCCCCC2)n1C. The minimum atomic E-state index is 0.0863. The van der Waals surface area contributed by atoms with E-state index in [9.17, 15) is 4.79 Å². The molecule has 1 aromatic heterocycles. The molecule has 0 unspecified atom stereocenters. The molecule has 1 aliphatic rings. The van der Waals surface area contributed by atoms with Crippen molar-refractivity contribution in [2.45, 2.75) is 69.5 Å². The second kappa shape index (κ2) is 11.6. The number of aromatic nitrogens is 3. The van der Waals surface area contributed by atoms with Gasteiger partial charge < -0.3 is 14.6 Å². The maximum Gasteiger partial charge on any atom is 0.230 e. The van der Waals surface area contributed by atoms with Crippen LogP contribution in [-0.2, 0) is 18.3 Å². The van der Waals surface area contributed by atoms with Crippen LogP contribution in [0.4, 0.5) is 0 Å². The predicted molar refractivity (Wildman–Crippen MR) is 121 cm³/mol. The van der Waals surface area contributed by atoms with Gasteiger partial charge in [0.25, 0.3) is 0 Å². The van der Waals surface area contributed by atoms with Crippen molar-refractivity contribution in [1.82, 2.24) is 20.1 Å². The summed E-state index contributed by atoms with van der Waals surface area (Å²) in [6.07, 6.45) is 8.80. The van der Waals surface area contributed by atoms with E-state index in [1.165, 1.54) is 37.4 Å². The summed E-state index contributed by atoms with van der Waals surface area (Å²) < 4.78 is 7.82. The number of aryl methyl sites for hydroxylation is 2. The largest absolute Gasteiger partial charge is 0.493 e. The van der Waals surface area contributed by atoms with Crippen LogP contribution in [0.2, 0.25) is 5.02 Å². The number of ether oxygens (including phenoxy) is 1. The molecule has 1 heterocycles. The molecule has 30 heavy (non-hydrogen) atoms. The van der Waals surface area contributed by atoms with Crippen LogP contribution < -0.4 is 10.1 Å². The van der Waals surface area contributed by atoms with Crippen molar-refractivity contribution in [1.29, 1.82) is 0 Å². The molecule has 1 saturated carbocycles. The quantitative estimate of drug-likeness (QED) is 0.340. The van der Waals surface area contributed by atoms with Crippen molar-refractivity contribution in [2.75, 3.05) is 12.4 Å². The average Bonchev–Trinajstić information content (AvgIpc) is 2.90. The summed E-state index contributed by atoms with van der Waals surface area (Å²) in [5.74, 6) is 2.22. The van der Waals surface area contributed by atoms with E-state index in [2.05, 4.69) is 15.5 Å². The van der Waals surface area contributed by atoms with E-state index in [0.717, 1.165) is 48.0 Å². The minimum absolute atomic E-state index is 0.0863. The lowest BCUT2D eigenvalue weighted by molar-refractivity contribution is -0.119. The number of carbonyl (C=O) groups excluding carboxylic acids is 1. The Morgan fingerprint density at radius 1 is 1.27 bits per heavy atom. The summed E-state index contributed by atoms with van der Waals surface area (Å²) in [5.41, 5.74) is 1.03. The Kier molecular flexibility index (Phi) is 8.88. The number of amides is 1. The molecule has 1 amide bonds. The lowest BCUT2D eigenvalue weighted by Crippen LogP contribution is -2.35. The highest BCUT2D eigenvalue weighted by Crippen LogP contribution is 2.22. The van der Waals surface area contributed by atoms with Gasteiger partial charge in [0.05, 0.1) is 12.4 Å². The minimum Gasteiger partial charge on any atom is -0.493 e. The highest BCUT2D eigenvalue weighted by Gasteiger charge is 2.16. The fourth-order valence-electron chi connectivity index (χ4n) is 3.70. The molecule has 0 saturated heterocycles. The van der Waals surface area contributed by atoms with E-state index in [-0.39, 0.29) is 5.91 Å². The summed E-state index contributed by atoms with van der Waals surface area (Å²) in [6, 6.07) is 5.96. The summed E-state index contributed by atoms with van der Waals surface area (Å²) in [6.45, 7) is 2.58. The van der Waals surface area contributed by atoms with E-state index < -0.39 is 0 Å². The second-order valence-electron chi connectivity index (χ2n) is 7.86. The fraction of sp³-hybridized carbons (Fsp3) is 0.591. The van der Waals surface area contributed by atoms with Crippen LogP contribution in [0.15, 0.2) is 23.4 Å². The maximum absolute atomic E-state index is 12.3. The molecule has 1 fully saturated rings. The average molecular weight is 451 g/mol. The molecule has 164 valence electrons. The molecule has 0 atom stereocenters. The van der Waals surface area contributed by atoms with Crippen LogP contribution in [0.1, 0.15) is 56.3 Å². The molecule has 1 aromatic carbocycles. The normalized spacial score (nSPS) is 15.0. The molecule has 2 aromatic rings. The second-order valence-corrected chi connectivity index (χ2v) is 9.24. The Labute approximate surface area is 188 Å². The lowest BCUT2D eigenvalue weighted by atomic mass is 10.1. The van der Waals surface area contributed by atoms with Crippen LogP contribution in [0, 0.1) is 6.92 Å². The number of hydrogen-bond donors (Lipinski definition) is 1. The Balaban J connectivity index is 1.40. The smallest absolute Gasteiger partial charge is 0.230 e. The fourth-order valence-corrected chi connectivity index (χ4v) is 4.67. The zero-order valence-electron chi connectivity index (χ0n) is 17.8. The van der Waals surface area contributed by atoms with Gasteiger partial charge in [0.15, 0.2) is 5.16 Å². The molecule has 3 rings (SSSR count). The van der Waals surface area contributed by atoms with Gasteiger partial charge in [-0.25, -0.2) is 0 Å². The van der Waals surface area contributed by atoms with Gasteiger partial charge in [0.1, 0.15) is 11.6 Å². The zero-order valence-corrected chi connectivity index (χ0v) is 19.4. The Morgan fingerprint density at radius 3 is 2.77 bits per heavy atom. The van der Waals surface area contributed by atoms with Crippen LogP contribution >= 0.6 is 23.4 Å². The van der Waals surface area contributed by atoms with E-state index >= 15 is 0 Å². The molecular formula is C22H31ClN4O2S. The first-order valence-electron chi connectivity index (χ1n) is 10.7. The number of hydrogen-bond acceptors (Lipinski definition) is 5. The Hall–Kier alpha value is -1.73. The Bertz CT molecular complexity index is 835. The molecule has 8 heteroatoms. The van der Waals surface area contributed by atoms with Crippen molar-refractivity contribution in [3.63, 3.8) is 0 Å². The van der Waals surface area contributed by atoms with E-state index in [0.29, 0.717) is 23.4 Å². The number of halogens is 1. The van der Waals surface area contributed by atoms with Crippen LogP contribution in [0.5, 0.6) is 5.75 Å². The maximum atomic E-state index is 12.3. The van der Waals surface area contributed by atoms with Crippen molar-refractivity contribution < 1.29 is 9.53 Å². The van der Waals surface area contributed by atoms with E-state index in [1.54, 1.807) is 0 Å². The molecule has 0 spiro atoms. The number of nitrogens with one attached hydrogen (secondary N) is 1. The van der Waals surface area contributed by atoms with Gasteiger partial charge in [-0.15, -0.1) is 10.2 Å². The third-order valence-electron chi connectivity index (χ3n) is 5.42. The van der Waals surface area contributed by atoms with Gasteiger partial charge in [0, 0.05) is 24.5 Å². The van der Waals surface area contributed by atoms with Crippen molar-refractivity contribution in [2.24, 2.45) is 7.05 Å². The summed E-state index contributed by atoms with van der Waals surface area (Å²) in [4.78, 5) is 12.3. The van der Waals surface area contributed by atoms with Crippen LogP contribution in [0.3, 0.4) is 0 Å². The molecule has 0 aliphatic heterocycles. The first-order valence-corrected chi connectivity index (χ1v) is 12.1. The van der Waals surface area contributed by atoms with Gasteiger partial charge >= 0.3 is 0 Å². The number of carbonyl (C=O) groups is 1. The lowest BCUT2D eigenvalue weighted by Gasteiger charge is -2.15. The van der Waals surface area contributed by atoms with E-state index in [1.807, 2.05) is 36.7 Å². The molecule has 0 radical (unpaired) electrons. The summed E-state index contributed by atoms with van der Waals surface area (Å²) in [7, 11) is 1.95. The third kappa shape index (κ3) is 6.91. The monoisotopic (exact) mass is 450 g/mol. The molecule has 6 nitrogen and oxygen atoms in total. The van der Waals surface area contributed by atoms with Crippen LogP contribution in [-0.4, -0.2) is 39.1 Å². The first kappa shape index (κ1) is 22.9. The predicted octanol–water partition coefficient (Wildman–Crippen LogP) is 4.72. The van der Waals surface area contributed by atoms with Crippen molar-refractivity contribution >= 4 is 29.3 Å². The number of benzene rings is 1. The summed E-state index contributed by atoms with van der Waals surface area (Å²) in [5, 5.41) is 13.2. The van der Waals surface area contributed by atoms with Crippen molar-refractivity contribution in [3.8, 4) is 5.75 Å². The van der Waals surface area contributed by atoms with Gasteiger partial charge in [0.2, 0.25) is 5.91 Å². The Morgan fingerprint density at radius 2 is 2.03 bits per heavy atom. The highest BCUT2D eigenvalue weighted by atomic mass is 35.5. The number of rotatable bonds is 9. The highest BCUT2D eigenvalue weighted by molar-refractivity contribution is 7.99. The zero-order chi connectivity index (χ0) is 21.3.